The Hall–Kier alpha value is -2.14. The van der Waals surface area contributed by atoms with Gasteiger partial charge in [0.25, 0.3) is 5.56 Å². The molecule has 0 amide bonds. The third kappa shape index (κ3) is 1.82. The van der Waals surface area contributed by atoms with Crippen LogP contribution >= 0.6 is 11.3 Å². The lowest BCUT2D eigenvalue weighted by atomic mass is 10.2. The fraction of sp³-hybridized carbons (Fsp3) is 0.143. The first-order chi connectivity index (χ1) is 9.08. The number of nitrogens with zero attached hydrogens (tertiary/aromatic N) is 1. The van der Waals surface area contributed by atoms with Crippen molar-refractivity contribution in [3.05, 3.63) is 61.6 Å². The molecule has 0 unspecified atom stereocenters. The van der Waals surface area contributed by atoms with Crippen LogP contribution in [0.25, 0.3) is 15.9 Å². The standard InChI is InChI=1S/C14H12N2O2S/c1-8-3-5-10(6-4-8)16-13(17)11-9(2)7-19-12(11)15-14(16)18/h3-7H,1-2H3,(H,15,18). The first kappa shape index (κ1) is 11.9. The van der Waals surface area contributed by atoms with Crippen molar-refractivity contribution in [2.45, 2.75) is 13.8 Å². The molecule has 2 heterocycles. The van der Waals surface area contributed by atoms with Gasteiger partial charge in [0.05, 0.1) is 11.1 Å². The van der Waals surface area contributed by atoms with Crippen molar-refractivity contribution in [2.75, 3.05) is 0 Å². The highest BCUT2D eigenvalue weighted by Gasteiger charge is 2.12. The Morgan fingerprint density at radius 1 is 1.11 bits per heavy atom. The summed E-state index contributed by atoms with van der Waals surface area (Å²) in [4.78, 5) is 27.9. The fourth-order valence-electron chi connectivity index (χ4n) is 2.09. The van der Waals surface area contributed by atoms with E-state index < -0.39 is 5.69 Å². The largest absolute Gasteiger partial charge is 0.334 e. The van der Waals surface area contributed by atoms with Crippen molar-refractivity contribution in [3.8, 4) is 5.69 Å². The van der Waals surface area contributed by atoms with E-state index in [1.54, 1.807) is 12.1 Å². The zero-order valence-electron chi connectivity index (χ0n) is 10.6. The molecule has 1 N–H and O–H groups in total. The Bertz CT molecular complexity index is 869. The zero-order valence-corrected chi connectivity index (χ0v) is 11.4. The van der Waals surface area contributed by atoms with Gasteiger partial charge in [-0.15, -0.1) is 11.3 Å². The average Bonchev–Trinajstić information content (AvgIpc) is 2.73. The highest BCUT2D eigenvalue weighted by Crippen LogP contribution is 2.19. The first-order valence-corrected chi connectivity index (χ1v) is 6.76. The maximum atomic E-state index is 12.5. The number of aromatic nitrogens is 2. The Balaban J connectivity index is 2.41. The monoisotopic (exact) mass is 272 g/mol. The molecule has 5 heteroatoms. The number of nitrogens with one attached hydrogen (secondary N) is 1. The number of H-pyrrole nitrogens is 1. The van der Waals surface area contributed by atoms with Crippen LogP contribution in [0.15, 0.2) is 39.2 Å². The van der Waals surface area contributed by atoms with Crippen LogP contribution in [0.1, 0.15) is 11.1 Å². The molecule has 0 radical (unpaired) electrons. The molecule has 0 aliphatic heterocycles. The molecule has 0 fully saturated rings. The average molecular weight is 272 g/mol. The molecule has 0 spiro atoms. The second kappa shape index (κ2) is 4.20. The minimum Gasteiger partial charge on any atom is -0.298 e. The van der Waals surface area contributed by atoms with E-state index in [4.69, 9.17) is 0 Å². The van der Waals surface area contributed by atoms with Crippen LogP contribution in [-0.2, 0) is 0 Å². The molecular formula is C14H12N2O2S. The van der Waals surface area contributed by atoms with Gasteiger partial charge in [0, 0.05) is 0 Å². The second-order valence-electron chi connectivity index (χ2n) is 4.53. The molecule has 1 aromatic carbocycles. The smallest absolute Gasteiger partial charge is 0.298 e. The number of aryl methyl sites for hydroxylation is 2. The van der Waals surface area contributed by atoms with Gasteiger partial charge in [0.1, 0.15) is 4.83 Å². The van der Waals surface area contributed by atoms with Gasteiger partial charge < -0.3 is 0 Å². The van der Waals surface area contributed by atoms with Gasteiger partial charge in [0.15, 0.2) is 0 Å². The summed E-state index contributed by atoms with van der Waals surface area (Å²) in [6.07, 6.45) is 0. The Labute approximate surface area is 113 Å². The number of thiophene rings is 1. The molecule has 3 aromatic rings. The Kier molecular flexibility index (Phi) is 2.64. The van der Waals surface area contributed by atoms with Crippen molar-refractivity contribution in [1.29, 1.82) is 0 Å². The molecule has 0 saturated heterocycles. The van der Waals surface area contributed by atoms with Crippen molar-refractivity contribution in [1.82, 2.24) is 9.55 Å². The number of benzene rings is 1. The van der Waals surface area contributed by atoms with Crippen molar-refractivity contribution < 1.29 is 0 Å². The predicted molar refractivity (Wildman–Crippen MR) is 77.5 cm³/mol. The van der Waals surface area contributed by atoms with Gasteiger partial charge in [-0.05, 0) is 36.9 Å². The lowest BCUT2D eigenvalue weighted by Gasteiger charge is -2.05. The van der Waals surface area contributed by atoms with Crippen molar-refractivity contribution >= 4 is 21.6 Å². The van der Waals surface area contributed by atoms with Crippen LogP contribution in [0.4, 0.5) is 0 Å². The lowest BCUT2D eigenvalue weighted by molar-refractivity contribution is 0.903. The SMILES string of the molecule is Cc1ccc(-n2c(=O)[nH]c3scc(C)c3c2=O)cc1. The van der Waals surface area contributed by atoms with Gasteiger partial charge in [0.2, 0.25) is 0 Å². The van der Waals surface area contributed by atoms with Gasteiger partial charge in [-0.3, -0.25) is 9.78 Å². The maximum absolute atomic E-state index is 12.5. The van der Waals surface area contributed by atoms with E-state index >= 15 is 0 Å². The van der Waals surface area contributed by atoms with Gasteiger partial charge >= 0.3 is 5.69 Å². The normalized spacial score (nSPS) is 11.1. The number of aromatic amines is 1. The number of hydrogen-bond donors (Lipinski definition) is 1. The molecule has 19 heavy (non-hydrogen) atoms. The summed E-state index contributed by atoms with van der Waals surface area (Å²) in [6, 6.07) is 7.32. The van der Waals surface area contributed by atoms with Crippen LogP contribution in [0, 0.1) is 13.8 Å². The molecule has 0 atom stereocenters. The van der Waals surface area contributed by atoms with E-state index in [0.29, 0.717) is 15.9 Å². The van der Waals surface area contributed by atoms with Crippen molar-refractivity contribution in [3.63, 3.8) is 0 Å². The summed E-state index contributed by atoms with van der Waals surface area (Å²) in [7, 11) is 0. The highest BCUT2D eigenvalue weighted by atomic mass is 32.1. The number of hydrogen-bond acceptors (Lipinski definition) is 3. The van der Waals surface area contributed by atoms with E-state index in [-0.39, 0.29) is 5.56 Å². The third-order valence-electron chi connectivity index (χ3n) is 3.11. The van der Waals surface area contributed by atoms with Crippen molar-refractivity contribution in [2.24, 2.45) is 0 Å². The van der Waals surface area contributed by atoms with E-state index in [1.165, 1.54) is 15.9 Å². The Morgan fingerprint density at radius 3 is 2.47 bits per heavy atom. The summed E-state index contributed by atoms with van der Waals surface area (Å²) >= 11 is 1.38. The molecule has 96 valence electrons. The summed E-state index contributed by atoms with van der Waals surface area (Å²) < 4.78 is 1.18. The van der Waals surface area contributed by atoms with E-state index in [0.717, 1.165) is 11.1 Å². The molecule has 3 rings (SSSR count). The quantitative estimate of drug-likeness (QED) is 0.739. The summed E-state index contributed by atoms with van der Waals surface area (Å²) in [5.41, 5.74) is 1.90. The fourth-order valence-corrected chi connectivity index (χ4v) is 3.01. The number of rotatable bonds is 1. The third-order valence-corrected chi connectivity index (χ3v) is 4.12. The molecule has 2 aromatic heterocycles. The molecule has 4 nitrogen and oxygen atoms in total. The topological polar surface area (TPSA) is 54.9 Å². The highest BCUT2D eigenvalue weighted by molar-refractivity contribution is 7.16. The summed E-state index contributed by atoms with van der Waals surface area (Å²) in [5, 5.41) is 2.46. The minimum atomic E-state index is -0.400. The van der Waals surface area contributed by atoms with Gasteiger partial charge in [-0.1, -0.05) is 17.7 Å². The van der Waals surface area contributed by atoms with E-state index in [2.05, 4.69) is 4.98 Å². The summed E-state index contributed by atoms with van der Waals surface area (Å²) in [6.45, 7) is 3.83. The number of fused-ring (bicyclic) bond motifs is 1. The molecular weight excluding hydrogens is 260 g/mol. The molecule has 0 saturated carbocycles. The maximum Gasteiger partial charge on any atom is 0.334 e. The van der Waals surface area contributed by atoms with Crippen LogP contribution in [0.5, 0.6) is 0 Å². The van der Waals surface area contributed by atoms with Crippen LogP contribution in [-0.4, -0.2) is 9.55 Å². The van der Waals surface area contributed by atoms with Crippen LogP contribution in [0.2, 0.25) is 0 Å². The van der Waals surface area contributed by atoms with Crippen LogP contribution < -0.4 is 11.2 Å². The molecule has 0 aliphatic rings. The van der Waals surface area contributed by atoms with Gasteiger partial charge in [-0.2, -0.15) is 0 Å². The minimum absolute atomic E-state index is 0.263. The van der Waals surface area contributed by atoms with E-state index in [9.17, 15) is 9.59 Å². The molecule has 0 bridgehead atoms. The zero-order chi connectivity index (χ0) is 13.6. The second-order valence-corrected chi connectivity index (χ2v) is 5.41. The summed E-state index contributed by atoms with van der Waals surface area (Å²) in [5.74, 6) is 0. The first-order valence-electron chi connectivity index (χ1n) is 5.88. The van der Waals surface area contributed by atoms with Gasteiger partial charge in [-0.25, -0.2) is 9.36 Å². The molecule has 0 aliphatic carbocycles. The van der Waals surface area contributed by atoms with Crippen LogP contribution in [0.3, 0.4) is 0 Å². The van der Waals surface area contributed by atoms with E-state index in [1.807, 2.05) is 31.4 Å². The Morgan fingerprint density at radius 2 is 1.79 bits per heavy atom. The lowest BCUT2D eigenvalue weighted by Crippen LogP contribution is -2.33. The predicted octanol–water partition coefficient (Wildman–Crippen LogP) is 2.36.